The molecule has 0 unspecified atom stereocenters. The first-order valence-corrected chi connectivity index (χ1v) is 12.2. The Hall–Kier alpha value is -3.13. The van der Waals surface area contributed by atoms with Crippen molar-refractivity contribution in [1.29, 1.82) is 0 Å². The van der Waals surface area contributed by atoms with Crippen molar-refractivity contribution in [2.24, 2.45) is 10.8 Å². The molecule has 0 amide bonds. The molecular weight excluding hydrogens is 486 g/mol. The maximum absolute atomic E-state index is 13.6. The Balaban J connectivity index is 1.93. The molecular formula is C27H30ClNO7. The Morgan fingerprint density at radius 2 is 1.47 bits per heavy atom. The molecule has 0 spiro atoms. The summed E-state index contributed by atoms with van der Waals surface area (Å²) in [5.74, 6) is -2.92. The molecule has 1 aromatic rings. The molecule has 2 aliphatic carbocycles. The van der Waals surface area contributed by atoms with Crippen LogP contribution in [0.25, 0.3) is 0 Å². The number of allylic oxidation sites excluding steroid dienone is 4. The molecule has 1 aromatic carbocycles. The van der Waals surface area contributed by atoms with Gasteiger partial charge in [-0.2, -0.15) is 0 Å². The van der Waals surface area contributed by atoms with Crippen molar-refractivity contribution in [3.63, 3.8) is 0 Å². The van der Waals surface area contributed by atoms with Gasteiger partial charge in [0.05, 0.1) is 5.02 Å². The summed E-state index contributed by atoms with van der Waals surface area (Å²) in [4.78, 5) is 51.7. The topological polar surface area (TPSA) is 121 Å². The van der Waals surface area contributed by atoms with Crippen LogP contribution in [0.3, 0.4) is 0 Å². The summed E-state index contributed by atoms with van der Waals surface area (Å²) in [5, 5.41) is 18.8. The number of hydrogen-bond acceptors (Lipinski definition) is 6. The highest BCUT2D eigenvalue weighted by Crippen LogP contribution is 2.54. The molecule has 0 atom stereocenters. The summed E-state index contributed by atoms with van der Waals surface area (Å²) < 4.78 is 5.25. The van der Waals surface area contributed by atoms with Crippen LogP contribution in [0.1, 0.15) is 64.9 Å². The third-order valence-corrected chi connectivity index (χ3v) is 7.25. The summed E-state index contributed by atoms with van der Waals surface area (Å²) >= 11 is 6.44. The summed E-state index contributed by atoms with van der Waals surface area (Å²) in [7, 11) is 0. The monoisotopic (exact) mass is 515 g/mol. The van der Waals surface area contributed by atoms with E-state index in [4.69, 9.17) is 21.4 Å². The highest BCUT2D eigenvalue weighted by atomic mass is 35.5. The SMILES string of the molecule is CC1(C)CC(=O)C2=C(C1)N(CC(=O)O)C1=C(C(=O)CC(C)(C)C1)C2c1ccc(OCC(=O)O)c(Cl)c1. The van der Waals surface area contributed by atoms with Gasteiger partial charge >= 0.3 is 11.9 Å². The largest absolute Gasteiger partial charge is 0.480 e. The summed E-state index contributed by atoms with van der Waals surface area (Å²) in [6, 6.07) is 4.83. The second-order valence-electron chi connectivity index (χ2n) is 11.4. The third-order valence-electron chi connectivity index (χ3n) is 6.96. The lowest BCUT2D eigenvalue weighted by atomic mass is 9.63. The molecule has 0 bridgehead atoms. The minimum absolute atomic E-state index is 0.117. The first-order chi connectivity index (χ1) is 16.7. The van der Waals surface area contributed by atoms with Crippen LogP contribution in [0.4, 0.5) is 0 Å². The van der Waals surface area contributed by atoms with Gasteiger partial charge in [-0.1, -0.05) is 45.4 Å². The van der Waals surface area contributed by atoms with E-state index in [1.54, 1.807) is 23.1 Å². The van der Waals surface area contributed by atoms with Crippen LogP contribution in [0.15, 0.2) is 40.7 Å². The first kappa shape index (κ1) is 25.9. The number of halogens is 1. The smallest absolute Gasteiger partial charge is 0.341 e. The maximum Gasteiger partial charge on any atom is 0.341 e. The van der Waals surface area contributed by atoms with E-state index in [-0.39, 0.29) is 52.6 Å². The molecule has 2 N–H and O–H groups in total. The van der Waals surface area contributed by atoms with Crippen molar-refractivity contribution in [1.82, 2.24) is 4.90 Å². The highest BCUT2D eigenvalue weighted by Gasteiger charge is 2.49. The Labute approximate surface area is 214 Å². The molecule has 1 heterocycles. The Kier molecular flexibility index (Phi) is 6.54. The van der Waals surface area contributed by atoms with E-state index in [0.29, 0.717) is 40.9 Å². The molecule has 0 radical (unpaired) electrons. The number of rotatable bonds is 6. The number of ether oxygens (including phenoxy) is 1. The minimum atomic E-state index is -1.14. The number of carboxylic acids is 2. The standard InChI is InChI=1S/C27H30ClNO7/c1-26(2)8-16-24(18(30)10-26)23(14-5-6-20(15(28)7-14)36-13-22(34)35)25-17(29(16)12-21(32)33)9-27(3,4)11-19(25)31/h5-7,23H,8-13H2,1-4H3,(H,32,33)(H,34,35). The van der Waals surface area contributed by atoms with Crippen LogP contribution in [-0.2, 0) is 19.2 Å². The molecule has 3 aliphatic rings. The lowest BCUT2D eigenvalue weighted by Gasteiger charge is -2.48. The third kappa shape index (κ3) is 4.91. The van der Waals surface area contributed by atoms with Crippen LogP contribution >= 0.6 is 11.6 Å². The van der Waals surface area contributed by atoms with Crippen molar-refractivity contribution in [2.45, 2.75) is 59.3 Å². The predicted octanol–water partition coefficient (Wildman–Crippen LogP) is 4.57. The fourth-order valence-electron chi connectivity index (χ4n) is 5.66. The van der Waals surface area contributed by atoms with Gasteiger partial charge in [0.25, 0.3) is 0 Å². The number of carbonyl (C=O) groups is 4. The second kappa shape index (κ2) is 9.07. The van der Waals surface area contributed by atoms with E-state index >= 15 is 0 Å². The summed E-state index contributed by atoms with van der Waals surface area (Å²) in [6.07, 6.45) is 1.55. The van der Waals surface area contributed by atoms with Crippen LogP contribution in [0.5, 0.6) is 5.75 Å². The van der Waals surface area contributed by atoms with Gasteiger partial charge in [-0.25, -0.2) is 4.79 Å². The van der Waals surface area contributed by atoms with Gasteiger partial charge in [0.15, 0.2) is 18.2 Å². The molecule has 0 fully saturated rings. The van der Waals surface area contributed by atoms with Gasteiger partial charge < -0.3 is 19.8 Å². The van der Waals surface area contributed by atoms with Gasteiger partial charge in [0, 0.05) is 41.3 Å². The molecule has 0 saturated heterocycles. The van der Waals surface area contributed by atoms with Crippen molar-refractivity contribution in [3.8, 4) is 5.75 Å². The number of nitrogens with zero attached hydrogens (tertiary/aromatic N) is 1. The minimum Gasteiger partial charge on any atom is -0.480 e. The van der Waals surface area contributed by atoms with Gasteiger partial charge in [-0.15, -0.1) is 0 Å². The number of benzene rings is 1. The quantitative estimate of drug-likeness (QED) is 0.565. The Morgan fingerprint density at radius 1 is 0.944 bits per heavy atom. The fourth-order valence-corrected chi connectivity index (χ4v) is 5.90. The second-order valence-corrected chi connectivity index (χ2v) is 11.8. The predicted molar refractivity (Wildman–Crippen MR) is 132 cm³/mol. The van der Waals surface area contributed by atoms with Crippen LogP contribution < -0.4 is 4.74 Å². The van der Waals surface area contributed by atoms with Crippen LogP contribution in [0.2, 0.25) is 5.02 Å². The number of Topliss-reactive ketones (excluding diaryl/α,β-unsaturated/α-hetero) is 2. The van der Waals surface area contributed by atoms with Crippen LogP contribution in [-0.4, -0.2) is 51.8 Å². The highest BCUT2D eigenvalue weighted by molar-refractivity contribution is 6.32. The van der Waals surface area contributed by atoms with Crippen molar-refractivity contribution < 1.29 is 34.1 Å². The average Bonchev–Trinajstić information content (AvgIpc) is 2.71. The molecule has 0 aromatic heterocycles. The van der Waals surface area contributed by atoms with E-state index in [9.17, 15) is 24.3 Å². The molecule has 9 heteroatoms. The zero-order chi connectivity index (χ0) is 26.6. The van der Waals surface area contributed by atoms with E-state index in [0.717, 1.165) is 0 Å². The fraction of sp³-hybridized carbons (Fsp3) is 0.481. The lowest BCUT2D eigenvalue weighted by molar-refractivity contribution is -0.139. The van der Waals surface area contributed by atoms with Crippen molar-refractivity contribution in [2.75, 3.05) is 13.2 Å². The number of hydrogen-bond donors (Lipinski definition) is 2. The van der Waals surface area contributed by atoms with Gasteiger partial charge in [0.2, 0.25) is 0 Å². The molecule has 8 nitrogen and oxygen atoms in total. The molecule has 36 heavy (non-hydrogen) atoms. The molecule has 1 aliphatic heterocycles. The van der Waals surface area contributed by atoms with E-state index in [2.05, 4.69) is 0 Å². The van der Waals surface area contributed by atoms with Gasteiger partial charge in [-0.3, -0.25) is 14.4 Å². The van der Waals surface area contributed by atoms with Gasteiger partial charge in [-0.05, 0) is 41.4 Å². The zero-order valence-corrected chi connectivity index (χ0v) is 21.6. The number of carbonyl (C=O) groups excluding carboxylic acids is 2. The maximum atomic E-state index is 13.6. The average molecular weight is 516 g/mol. The van der Waals surface area contributed by atoms with Crippen LogP contribution in [0, 0.1) is 10.8 Å². The Bertz CT molecular complexity index is 1190. The molecule has 0 saturated carbocycles. The van der Waals surface area contributed by atoms with E-state index in [1.807, 2.05) is 27.7 Å². The number of aliphatic carboxylic acids is 2. The normalized spacial score (nSPS) is 21.3. The Morgan fingerprint density at radius 3 is 1.92 bits per heavy atom. The summed E-state index contributed by atoms with van der Waals surface area (Å²) in [6.45, 7) is 7.03. The molecule has 4 rings (SSSR count). The zero-order valence-electron chi connectivity index (χ0n) is 20.8. The van der Waals surface area contributed by atoms with E-state index < -0.39 is 24.5 Å². The van der Waals surface area contributed by atoms with Gasteiger partial charge in [0.1, 0.15) is 12.3 Å². The molecule has 192 valence electrons. The first-order valence-electron chi connectivity index (χ1n) is 11.8. The van der Waals surface area contributed by atoms with Crippen molar-refractivity contribution >= 4 is 35.1 Å². The summed E-state index contributed by atoms with van der Waals surface area (Å²) in [5.41, 5.74) is 2.06. The lowest BCUT2D eigenvalue weighted by Crippen LogP contribution is -2.45. The number of carboxylic acid groups (broad SMARTS) is 2. The van der Waals surface area contributed by atoms with E-state index in [1.165, 1.54) is 0 Å². The van der Waals surface area contributed by atoms with Crippen molar-refractivity contribution in [3.05, 3.63) is 51.3 Å². The number of ketones is 2.